The van der Waals surface area contributed by atoms with Crippen molar-refractivity contribution in [1.29, 1.82) is 0 Å². The second-order valence-electron chi connectivity index (χ2n) is 6.61. The second-order valence-corrected chi connectivity index (χ2v) is 6.61. The zero-order chi connectivity index (χ0) is 17.4. The summed E-state index contributed by atoms with van der Waals surface area (Å²) >= 11 is 0. The second kappa shape index (κ2) is 6.40. The smallest absolute Gasteiger partial charge is 0.258 e. The van der Waals surface area contributed by atoms with Gasteiger partial charge in [-0.1, -0.05) is 12.1 Å². The molecule has 2 aliphatic heterocycles. The number of hydrogen-bond donors (Lipinski definition) is 0. The highest BCUT2D eigenvalue weighted by molar-refractivity contribution is 5.97. The lowest BCUT2D eigenvalue weighted by Crippen LogP contribution is -2.45. The molecule has 25 heavy (non-hydrogen) atoms. The average molecular weight is 341 g/mol. The number of carbonyl (C=O) groups is 1. The van der Waals surface area contributed by atoms with E-state index in [1.165, 1.54) is 12.1 Å². The molecular formula is C18H20FN5O. The molecule has 0 atom stereocenters. The lowest BCUT2D eigenvalue weighted by atomic mass is 10.2. The Morgan fingerprint density at radius 2 is 1.84 bits per heavy atom. The number of fused-ring (bicyclic) bond motifs is 1. The first-order valence-corrected chi connectivity index (χ1v) is 8.43. The quantitative estimate of drug-likeness (QED) is 0.847. The fourth-order valence-electron chi connectivity index (χ4n) is 3.23. The van der Waals surface area contributed by atoms with Crippen LogP contribution in [0.4, 0.5) is 10.3 Å². The first kappa shape index (κ1) is 16.0. The molecule has 3 heterocycles. The van der Waals surface area contributed by atoms with Crippen LogP contribution in [0.1, 0.15) is 21.6 Å². The summed E-state index contributed by atoms with van der Waals surface area (Å²) in [6.07, 6.45) is 1.64. The van der Waals surface area contributed by atoms with Crippen LogP contribution >= 0.6 is 0 Å². The minimum atomic E-state index is -0.275. The normalized spacial score (nSPS) is 17.9. The van der Waals surface area contributed by atoms with Crippen molar-refractivity contribution < 1.29 is 9.18 Å². The van der Waals surface area contributed by atoms with Gasteiger partial charge in [0.05, 0.1) is 17.8 Å². The van der Waals surface area contributed by atoms with Crippen LogP contribution < -0.4 is 4.90 Å². The van der Waals surface area contributed by atoms with E-state index >= 15 is 0 Å². The van der Waals surface area contributed by atoms with Crippen molar-refractivity contribution in [3.63, 3.8) is 0 Å². The molecule has 1 aromatic heterocycles. The summed E-state index contributed by atoms with van der Waals surface area (Å²) in [4.78, 5) is 27.7. The third-order valence-electron chi connectivity index (χ3n) is 4.79. The molecule has 0 N–H and O–H groups in total. The maximum atomic E-state index is 13.0. The first-order chi connectivity index (χ1) is 12.1. The Morgan fingerprint density at radius 3 is 2.56 bits per heavy atom. The van der Waals surface area contributed by atoms with Gasteiger partial charge in [-0.15, -0.1) is 0 Å². The topological polar surface area (TPSA) is 52.6 Å². The van der Waals surface area contributed by atoms with Crippen LogP contribution in [0.2, 0.25) is 0 Å². The van der Waals surface area contributed by atoms with E-state index in [1.54, 1.807) is 23.2 Å². The molecule has 2 aromatic rings. The summed E-state index contributed by atoms with van der Waals surface area (Å²) in [6.45, 7) is 4.66. The van der Waals surface area contributed by atoms with Crippen molar-refractivity contribution in [1.82, 2.24) is 19.8 Å². The van der Waals surface area contributed by atoms with Gasteiger partial charge in [-0.05, 0) is 24.7 Å². The lowest BCUT2D eigenvalue weighted by Gasteiger charge is -2.32. The van der Waals surface area contributed by atoms with Gasteiger partial charge in [0.1, 0.15) is 5.82 Å². The molecule has 0 radical (unpaired) electrons. The van der Waals surface area contributed by atoms with Crippen LogP contribution in [0, 0.1) is 5.82 Å². The molecule has 7 heteroatoms. The number of nitrogens with zero attached hydrogens (tertiary/aromatic N) is 5. The Hall–Kier alpha value is -2.54. The fraction of sp³-hybridized carbons (Fsp3) is 0.389. The van der Waals surface area contributed by atoms with Gasteiger partial charge in [0.15, 0.2) is 0 Å². The predicted octanol–water partition coefficient (Wildman–Crippen LogP) is 1.52. The van der Waals surface area contributed by atoms with E-state index < -0.39 is 0 Å². The number of piperazine rings is 1. The molecule has 0 saturated carbocycles. The van der Waals surface area contributed by atoms with Crippen LogP contribution in [0.25, 0.3) is 0 Å². The van der Waals surface area contributed by atoms with Crippen molar-refractivity contribution in [2.45, 2.75) is 13.1 Å². The molecule has 1 saturated heterocycles. The molecule has 0 spiro atoms. The van der Waals surface area contributed by atoms with Gasteiger partial charge < -0.3 is 14.7 Å². The van der Waals surface area contributed by atoms with Crippen molar-refractivity contribution in [3.8, 4) is 0 Å². The van der Waals surface area contributed by atoms with Crippen molar-refractivity contribution >= 4 is 11.9 Å². The van der Waals surface area contributed by atoms with Crippen LogP contribution in [0.5, 0.6) is 0 Å². The first-order valence-electron chi connectivity index (χ1n) is 8.43. The van der Waals surface area contributed by atoms with E-state index in [0.29, 0.717) is 24.6 Å². The molecule has 6 nitrogen and oxygen atoms in total. The van der Waals surface area contributed by atoms with E-state index in [-0.39, 0.29) is 11.7 Å². The van der Waals surface area contributed by atoms with Gasteiger partial charge in [0.25, 0.3) is 5.91 Å². The molecule has 130 valence electrons. The third kappa shape index (κ3) is 3.19. The Kier molecular flexibility index (Phi) is 4.09. The van der Waals surface area contributed by atoms with Gasteiger partial charge in [-0.2, -0.15) is 0 Å². The van der Waals surface area contributed by atoms with Crippen LogP contribution in [0.15, 0.2) is 30.5 Å². The largest absolute Gasteiger partial charge is 0.338 e. The van der Waals surface area contributed by atoms with Crippen molar-refractivity contribution in [3.05, 3.63) is 53.1 Å². The molecule has 0 aliphatic carbocycles. The molecule has 1 aromatic carbocycles. The average Bonchev–Trinajstić information content (AvgIpc) is 2.93. The maximum absolute atomic E-state index is 13.0. The number of anilines is 1. The predicted molar refractivity (Wildman–Crippen MR) is 91.7 cm³/mol. The number of benzene rings is 1. The summed E-state index contributed by atoms with van der Waals surface area (Å²) in [5.74, 6) is 0.356. The zero-order valence-electron chi connectivity index (χ0n) is 14.2. The Labute approximate surface area is 145 Å². The lowest BCUT2D eigenvalue weighted by molar-refractivity contribution is 0.0766. The number of likely N-dealkylation sites (N-methyl/N-ethyl adjacent to an activating group) is 1. The van der Waals surface area contributed by atoms with E-state index in [1.807, 2.05) is 0 Å². The Morgan fingerprint density at radius 1 is 1.12 bits per heavy atom. The van der Waals surface area contributed by atoms with Gasteiger partial charge in [0, 0.05) is 38.9 Å². The molecular weight excluding hydrogens is 321 g/mol. The highest BCUT2D eigenvalue weighted by atomic mass is 19.1. The number of carbonyl (C=O) groups excluding carboxylic acids is 1. The summed E-state index contributed by atoms with van der Waals surface area (Å²) in [5.41, 5.74) is 2.24. The Balaban J connectivity index is 1.50. The SMILES string of the molecule is CN1CCN(c2ncc3c(n2)CN(Cc2ccc(F)cc2)C3=O)CC1. The van der Waals surface area contributed by atoms with Gasteiger partial charge in [0.2, 0.25) is 5.95 Å². The highest BCUT2D eigenvalue weighted by Crippen LogP contribution is 2.24. The standard InChI is InChI=1S/C18H20FN5O/c1-22-6-8-23(9-7-22)18-20-10-15-16(21-18)12-24(17(15)25)11-13-2-4-14(19)5-3-13/h2-5,10H,6-9,11-12H2,1H3. The number of rotatable bonds is 3. The van der Waals surface area contributed by atoms with Crippen molar-refractivity contribution in [2.75, 3.05) is 38.1 Å². The van der Waals surface area contributed by atoms with Crippen molar-refractivity contribution in [2.24, 2.45) is 0 Å². The monoisotopic (exact) mass is 341 g/mol. The van der Waals surface area contributed by atoms with Gasteiger partial charge in [-0.25, -0.2) is 14.4 Å². The van der Waals surface area contributed by atoms with E-state index in [2.05, 4.69) is 26.8 Å². The zero-order valence-corrected chi connectivity index (χ0v) is 14.2. The molecule has 1 amide bonds. The molecule has 2 aliphatic rings. The Bertz CT molecular complexity index is 787. The fourth-order valence-corrected chi connectivity index (χ4v) is 3.23. The van der Waals surface area contributed by atoms with E-state index in [0.717, 1.165) is 37.4 Å². The summed E-state index contributed by atoms with van der Waals surface area (Å²) in [5, 5.41) is 0. The highest BCUT2D eigenvalue weighted by Gasteiger charge is 2.30. The van der Waals surface area contributed by atoms with E-state index in [9.17, 15) is 9.18 Å². The van der Waals surface area contributed by atoms with Crippen LogP contribution in [-0.4, -0.2) is 58.9 Å². The summed E-state index contributed by atoms with van der Waals surface area (Å²) in [7, 11) is 2.10. The van der Waals surface area contributed by atoms with Crippen LogP contribution in [0.3, 0.4) is 0 Å². The minimum absolute atomic E-state index is 0.0655. The van der Waals surface area contributed by atoms with E-state index in [4.69, 9.17) is 0 Å². The van der Waals surface area contributed by atoms with Crippen LogP contribution in [-0.2, 0) is 13.1 Å². The number of amides is 1. The summed E-state index contributed by atoms with van der Waals surface area (Å²) in [6, 6.07) is 6.22. The molecule has 0 bridgehead atoms. The van der Waals surface area contributed by atoms with Gasteiger partial charge >= 0.3 is 0 Å². The molecule has 1 fully saturated rings. The third-order valence-corrected chi connectivity index (χ3v) is 4.79. The number of hydrogen-bond acceptors (Lipinski definition) is 5. The molecule has 0 unspecified atom stereocenters. The number of halogens is 1. The van der Waals surface area contributed by atoms with Gasteiger partial charge in [-0.3, -0.25) is 4.79 Å². The molecule has 4 rings (SSSR count). The summed E-state index contributed by atoms with van der Waals surface area (Å²) < 4.78 is 13.0. The minimum Gasteiger partial charge on any atom is -0.338 e. The number of aromatic nitrogens is 2. The maximum Gasteiger partial charge on any atom is 0.258 e.